The van der Waals surface area contributed by atoms with Crippen molar-refractivity contribution in [2.45, 2.75) is 31.8 Å². The Hall–Kier alpha value is -4.14. The first-order chi connectivity index (χ1) is 15.1. The molecule has 9 nitrogen and oxygen atoms in total. The van der Waals surface area contributed by atoms with E-state index in [0.29, 0.717) is 22.0 Å². The molecule has 1 heterocycles. The van der Waals surface area contributed by atoms with Crippen molar-refractivity contribution in [3.63, 3.8) is 0 Å². The van der Waals surface area contributed by atoms with Crippen LogP contribution in [0.1, 0.15) is 47.9 Å². The fourth-order valence-electron chi connectivity index (χ4n) is 3.28. The molecule has 0 aliphatic rings. The average molecular weight is 435 g/mol. The number of carboxylic acids is 1. The molecule has 0 radical (unpaired) electrons. The van der Waals surface area contributed by atoms with E-state index in [1.54, 1.807) is 68.4 Å². The van der Waals surface area contributed by atoms with Gasteiger partial charge in [0.05, 0.1) is 12.5 Å². The van der Waals surface area contributed by atoms with Gasteiger partial charge in [0.2, 0.25) is 5.91 Å². The number of fused-ring (bicyclic) bond motifs is 1. The van der Waals surface area contributed by atoms with Crippen molar-refractivity contribution < 1.29 is 19.5 Å². The second kappa shape index (κ2) is 8.93. The summed E-state index contributed by atoms with van der Waals surface area (Å²) in [6.07, 6.45) is -0.291. The summed E-state index contributed by atoms with van der Waals surface area (Å²) in [4.78, 5) is 40.0. The second-order valence-electron chi connectivity index (χ2n) is 8.01. The van der Waals surface area contributed by atoms with Gasteiger partial charge in [-0.15, -0.1) is 0 Å². The third kappa shape index (κ3) is 5.12. The number of benzene rings is 2. The van der Waals surface area contributed by atoms with Gasteiger partial charge >= 0.3 is 5.97 Å². The van der Waals surface area contributed by atoms with Gasteiger partial charge in [-0.3, -0.25) is 19.8 Å². The number of rotatable bonds is 8. The fraction of sp³-hybridized carbons (Fsp3) is 0.217. The number of carbonyl (C=O) groups is 3. The van der Waals surface area contributed by atoms with Crippen molar-refractivity contribution in [2.24, 2.45) is 5.73 Å². The summed E-state index contributed by atoms with van der Waals surface area (Å²) in [7, 11) is 0. The van der Waals surface area contributed by atoms with Crippen LogP contribution in [0.2, 0.25) is 0 Å². The highest BCUT2D eigenvalue weighted by molar-refractivity contribution is 6.03. The lowest BCUT2D eigenvalue weighted by atomic mass is 9.99. The highest BCUT2D eigenvalue weighted by Crippen LogP contribution is 2.20. The Balaban J connectivity index is 1.75. The first kappa shape index (κ1) is 22.5. The molecule has 1 aromatic heterocycles. The predicted molar refractivity (Wildman–Crippen MR) is 120 cm³/mol. The van der Waals surface area contributed by atoms with Gasteiger partial charge in [0, 0.05) is 16.5 Å². The van der Waals surface area contributed by atoms with Crippen LogP contribution in [0.25, 0.3) is 10.9 Å². The number of hydrogen-bond acceptors (Lipinski definition) is 4. The molecule has 0 saturated carbocycles. The molecule has 0 fully saturated rings. The van der Waals surface area contributed by atoms with Crippen LogP contribution in [0.15, 0.2) is 54.6 Å². The molecular formula is C23H25N5O4. The number of carboxylic acid groups (broad SMARTS) is 1. The molecule has 0 bridgehead atoms. The number of nitrogen functional groups attached to an aromatic ring is 1. The third-order valence-electron chi connectivity index (χ3n) is 5.06. The monoisotopic (exact) mass is 435 g/mol. The van der Waals surface area contributed by atoms with E-state index < -0.39 is 29.4 Å². The maximum Gasteiger partial charge on any atom is 0.305 e. The van der Waals surface area contributed by atoms with Crippen molar-refractivity contribution >= 4 is 34.5 Å². The molecule has 0 aliphatic carbocycles. The molecule has 2 aromatic carbocycles. The average Bonchev–Trinajstić information content (AvgIpc) is 3.17. The highest BCUT2D eigenvalue weighted by atomic mass is 16.4. The van der Waals surface area contributed by atoms with E-state index in [-0.39, 0.29) is 18.0 Å². The van der Waals surface area contributed by atoms with Crippen LogP contribution in [0.5, 0.6) is 0 Å². The first-order valence-electron chi connectivity index (χ1n) is 9.94. The van der Waals surface area contributed by atoms with Crippen LogP contribution in [-0.2, 0) is 9.59 Å². The number of nitrogens with two attached hydrogens (primary N) is 1. The molecule has 2 amide bonds. The quantitative estimate of drug-likeness (QED) is 0.236. The smallest absolute Gasteiger partial charge is 0.305 e. The standard InChI is InChI=1S/C23H25N5O4/c1-23(2,22(32)27-17(12-19(29)30)13-6-4-3-5-7-13)28-21(31)18-11-15-10-14(20(24)25)8-9-16(15)26-18/h3-11,17,26H,12H2,1-2H3,(H3,24,25)(H,27,32)(H,28,31)(H,29,30). The molecule has 1 atom stereocenters. The molecular weight excluding hydrogens is 410 g/mol. The lowest BCUT2D eigenvalue weighted by molar-refractivity contribution is -0.138. The molecule has 0 saturated heterocycles. The third-order valence-corrected chi connectivity index (χ3v) is 5.06. The number of hydrogen-bond donors (Lipinski definition) is 6. The van der Waals surface area contributed by atoms with Crippen molar-refractivity contribution in [3.05, 3.63) is 71.4 Å². The molecule has 166 valence electrons. The molecule has 32 heavy (non-hydrogen) atoms. The molecule has 1 unspecified atom stereocenters. The Morgan fingerprint density at radius 1 is 1.12 bits per heavy atom. The van der Waals surface area contributed by atoms with Crippen LogP contribution in [0, 0.1) is 5.41 Å². The Morgan fingerprint density at radius 3 is 2.44 bits per heavy atom. The number of aliphatic carboxylic acids is 1. The normalized spacial score (nSPS) is 12.2. The van der Waals surface area contributed by atoms with Gasteiger partial charge < -0.3 is 26.5 Å². The summed E-state index contributed by atoms with van der Waals surface area (Å²) in [6, 6.07) is 14.7. The summed E-state index contributed by atoms with van der Waals surface area (Å²) in [5.74, 6) is -2.15. The highest BCUT2D eigenvalue weighted by Gasteiger charge is 2.32. The SMILES string of the molecule is CC(C)(NC(=O)c1cc2cc(C(=N)N)ccc2[nH]1)C(=O)NC(CC(=O)O)c1ccccc1. The number of aromatic nitrogens is 1. The molecule has 7 N–H and O–H groups in total. The number of nitrogens with one attached hydrogen (secondary N) is 4. The minimum Gasteiger partial charge on any atom is -0.481 e. The maximum absolute atomic E-state index is 12.9. The minimum absolute atomic E-state index is 0.0776. The van der Waals surface area contributed by atoms with Crippen molar-refractivity contribution in [3.8, 4) is 0 Å². The van der Waals surface area contributed by atoms with Crippen molar-refractivity contribution in [2.75, 3.05) is 0 Å². The Morgan fingerprint density at radius 2 is 1.81 bits per heavy atom. The summed E-state index contributed by atoms with van der Waals surface area (Å²) < 4.78 is 0. The van der Waals surface area contributed by atoms with Crippen molar-refractivity contribution in [1.29, 1.82) is 5.41 Å². The summed E-state index contributed by atoms with van der Waals surface area (Å²) in [5, 5.41) is 22.9. The number of H-pyrrole nitrogens is 1. The van der Waals surface area contributed by atoms with Crippen LogP contribution in [-0.4, -0.2) is 39.2 Å². The van der Waals surface area contributed by atoms with E-state index >= 15 is 0 Å². The van der Waals surface area contributed by atoms with E-state index in [4.69, 9.17) is 11.1 Å². The van der Waals surface area contributed by atoms with Gasteiger partial charge in [0.25, 0.3) is 5.91 Å². The second-order valence-corrected chi connectivity index (χ2v) is 8.01. The van der Waals surface area contributed by atoms with Gasteiger partial charge in [0.15, 0.2) is 0 Å². The number of amides is 2. The largest absolute Gasteiger partial charge is 0.481 e. The molecule has 3 rings (SSSR count). The summed E-state index contributed by atoms with van der Waals surface area (Å²) in [5.41, 5.74) is 6.32. The van der Waals surface area contributed by atoms with E-state index in [0.717, 1.165) is 0 Å². The van der Waals surface area contributed by atoms with E-state index in [1.165, 1.54) is 0 Å². The number of amidine groups is 1. The van der Waals surface area contributed by atoms with Gasteiger partial charge in [-0.1, -0.05) is 30.3 Å². The lowest BCUT2D eigenvalue weighted by Crippen LogP contribution is -2.55. The van der Waals surface area contributed by atoms with Gasteiger partial charge in [-0.05, 0) is 43.7 Å². The lowest BCUT2D eigenvalue weighted by Gasteiger charge is -2.28. The van der Waals surface area contributed by atoms with E-state index in [9.17, 15) is 19.5 Å². The summed E-state index contributed by atoms with van der Waals surface area (Å²) in [6.45, 7) is 3.08. The predicted octanol–water partition coefficient (Wildman–Crippen LogP) is 2.29. The van der Waals surface area contributed by atoms with Gasteiger partial charge in [-0.2, -0.15) is 0 Å². The van der Waals surface area contributed by atoms with Crippen LogP contribution in [0.4, 0.5) is 0 Å². The van der Waals surface area contributed by atoms with Gasteiger partial charge in [-0.25, -0.2) is 0 Å². The molecule has 9 heteroatoms. The number of carbonyl (C=O) groups excluding carboxylic acids is 2. The van der Waals surface area contributed by atoms with Crippen molar-refractivity contribution in [1.82, 2.24) is 15.6 Å². The Kier molecular flexibility index (Phi) is 6.29. The zero-order valence-corrected chi connectivity index (χ0v) is 17.7. The summed E-state index contributed by atoms with van der Waals surface area (Å²) >= 11 is 0. The van der Waals surface area contributed by atoms with E-state index in [2.05, 4.69) is 15.6 Å². The molecule has 3 aromatic rings. The van der Waals surface area contributed by atoms with Gasteiger partial charge in [0.1, 0.15) is 17.1 Å². The van der Waals surface area contributed by atoms with E-state index in [1.807, 2.05) is 0 Å². The number of aromatic amines is 1. The van der Waals surface area contributed by atoms with Crippen LogP contribution in [0.3, 0.4) is 0 Å². The fourth-order valence-corrected chi connectivity index (χ4v) is 3.28. The van der Waals surface area contributed by atoms with Crippen LogP contribution >= 0.6 is 0 Å². The Bertz CT molecular complexity index is 1180. The molecule has 0 spiro atoms. The maximum atomic E-state index is 12.9. The minimum atomic E-state index is -1.32. The zero-order chi connectivity index (χ0) is 23.5. The topological polar surface area (TPSA) is 161 Å². The zero-order valence-electron chi connectivity index (χ0n) is 17.7. The molecule has 0 aliphatic heterocycles. The Labute approximate surface area is 184 Å². The van der Waals surface area contributed by atoms with Crippen LogP contribution < -0.4 is 16.4 Å². The first-order valence-corrected chi connectivity index (χ1v) is 9.94.